The summed E-state index contributed by atoms with van der Waals surface area (Å²) in [6.07, 6.45) is -3.67. The van der Waals surface area contributed by atoms with Crippen LogP contribution in [0.2, 0.25) is 0 Å². The second-order valence-electron chi connectivity index (χ2n) is 7.63. The van der Waals surface area contributed by atoms with Gasteiger partial charge in [-0.1, -0.05) is 29.5 Å². The molecule has 1 aliphatic rings. The number of carbonyl (C=O) groups is 2. The number of carboxylic acids is 1. The van der Waals surface area contributed by atoms with Crippen LogP contribution in [0.1, 0.15) is 11.1 Å². The maximum atomic E-state index is 12.6. The molecule has 0 spiro atoms. The topological polar surface area (TPSA) is 141 Å². The van der Waals surface area contributed by atoms with Crippen LogP contribution in [-0.4, -0.2) is 86.4 Å². The summed E-state index contributed by atoms with van der Waals surface area (Å²) in [6.45, 7) is 5.24. The molecular weight excluding hydrogens is 505 g/mol. The second kappa shape index (κ2) is 11.3. The minimum Gasteiger partial charge on any atom is -0.507 e. The summed E-state index contributed by atoms with van der Waals surface area (Å²) >= 11 is 1.29. The summed E-state index contributed by atoms with van der Waals surface area (Å²) in [7, 11) is 1.52. The van der Waals surface area contributed by atoms with Crippen molar-refractivity contribution in [1.29, 1.82) is 0 Å². The Morgan fingerprint density at radius 2 is 1.86 bits per heavy atom. The van der Waals surface area contributed by atoms with Crippen molar-refractivity contribution in [1.82, 2.24) is 24.8 Å². The van der Waals surface area contributed by atoms with E-state index in [-0.39, 0.29) is 6.03 Å². The van der Waals surface area contributed by atoms with E-state index in [4.69, 9.17) is 14.6 Å². The SMILES string of the molecule is COc1ncnc2sc(NC(=O)N3CCN(Cc4cccc(C)c4O)CC3)nc12.O=C(O)C(F)(F)F. The lowest BCUT2D eigenvalue weighted by atomic mass is 10.1. The van der Waals surface area contributed by atoms with E-state index in [9.17, 15) is 23.1 Å². The number of fused-ring (bicyclic) bond motifs is 1. The number of benzene rings is 1. The number of aliphatic carboxylic acids is 1. The fourth-order valence-electron chi connectivity index (χ4n) is 3.30. The van der Waals surface area contributed by atoms with Crippen molar-refractivity contribution in [2.75, 3.05) is 38.6 Å². The standard InChI is InChI=1S/C19H22N6O3S.C2HF3O2/c1-12-4-3-5-13(15(12)26)10-24-6-8-25(9-7-24)19(27)23-18-22-14-16(28-2)20-11-21-17(14)29-18;3-2(4,5)1(6)7/h3-5,11,26H,6-10H2,1-2H3,(H,22,23,27);(H,6,7). The van der Waals surface area contributed by atoms with Crippen LogP contribution in [0.3, 0.4) is 0 Å². The molecule has 3 N–H and O–H groups in total. The number of nitrogens with one attached hydrogen (secondary N) is 1. The van der Waals surface area contributed by atoms with E-state index in [1.807, 2.05) is 25.1 Å². The summed E-state index contributed by atoms with van der Waals surface area (Å²) in [6, 6.07) is 5.59. The summed E-state index contributed by atoms with van der Waals surface area (Å²) in [5.41, 5.74) is 2.32. The zero-order valence-corrected chi connectivity index (χ0v) is 20.1. The largest absolute Gasteiger partial charge is 0.507 e. The predicted octanol–water partition coefficient (Wildman–Crippen LogP) is 3.09. The molecule has 36 heavy (non-hydrogen) atoms. The molecule has 1 aromatic carbocycles. The number of aryl methyl sites for hydroxylation is 1. The van der Waals surface area contributed by atoms with Gasteiger partial charge in [-0.2, -0.15) is 18.2 Å². The van der Waals surface area contributed by atoms with Crippen LogP contribution in [0.25, 0.3) is 10.3 Å². The summed E-state index contributed by atoms with van der Waals surface area (Å²) in [5, 5.41) is 20.6. The fraction of sp³-hybridized carbons (Fsp3) is 0.381. The number of ether oxygens (including phenoxy) is 1. The first-order valence-corrected chi connectivity index (χ1v) is 11.3. The minimum absolute atomic E-state index is 0.186. The van der Waals surface area contributed by atoms with Crippen molar-refractivity contribution in [3.8, 4) is 11.6 Å². The number of rotatable bonds is 4. The molecular formula is C21H23F3N6O5S. The molecule has 11 nitrogen and oxygen atoms in total. The average Bonchev–Trinajstić information content (AvgIpc) is 3.24. The molecule has 0 radical (unpaired) electrons. The molecule has 2 amide bonds. The van der Waals surface area contributed by atoms with Gasteiger partial charge < -0.3 is 19.8 Å². The number of piperazine rings is 1. The number of aromatic hydroxyl groups is 1. The quantitative estimate of drug-likeness (QED) is 0.466. The fourth-order valence-corrected chi connectivity index (χ4v) is 4.09. The van der Waals surface area contributed by atoms with Gasteiger partial charge in [-0.3, -0.25) is 10.2 Å². The zero-order valence-electron chi connectivity index (χ0n) is 19.2. The number of aromatic nitrogens is 3. The minimum atomic E-state index is -5.08. The number of alkyl halides is 3. The molecule has 0 saturated carbocycles. The van der Waals surface area contributed by atoms with Gasteiger partial charge in [0.2, 0.25) is 5.88 Å². The highest BCUT2D eigenvalue weighted by Crippen LogP contribution is 2.29. The van der Waals surface area contributed by atoms with E-state index >= 15 is 0 Å². The van der Waals surface area contributed by atoms with E-state index in [0.29, 0.717) is 46.7 Å². The van der Waals surface area contributed by atoms with Crippen molar-refractivity contribution in [3.05, 3.63) is 35.7 Å². The van der Waals surface area contributed by atoms with Gasteiger partial charge in [0.15, 0.2) is 15.5 Å². The van der Waals surface area contributed by atoms with Crippen molar-refractivity contribution in [2.45, 2.75) is 19.6 Å². The number of methoxy groups -OCH3 is 1. The third kappa shape index (κ3) is 6.69. The summed E-state index contributed by atoms with van der Waals surface area (Å²) < 4.78 is 36.9. The Labute approximate surface area is 207 Å². The van der Waals surface area contributed by atoms with Crippen LogP contribution < -0.4 is 10.1 Å². The Morgan fingerprint density at radius 3 is 2.47 bits per heavy atom. The number of hydrogen-bond donors (Lipinski definition) is 3. The molecule has 1 aliphatic heterocycles. The van der Waals surface area contributed by atoms with Crippen molar-refractivity contribution < 1.29 is 37.7 Å². The van der Waals surface area contributed by atoms with Gasteiger partial charge in [0.25, 0.3) is 0 Å². The molecule has 0 bridgehead atoms. The molecule has 0 aliphatic carbocycles. The van der Waals surface area contributed by atoms with E-state index in [0.717, 1.165) is 24.2 Å². The van der Waals surface area contributed by atoms with E-state index in [1.165, 1.54) is 24.8 Å². The van der Waals surface area contributed by atoms with Crippen molar-refractivity contribution in [3.63, 3.8) is 0 Å². The lowest BCUT2D eigenvalue weighted by Crippen LogP contribution is -2.49. The molecule has 0 atom stereocenters. The maximum absolute atomic E-state index is 12.6. The van der Waals surface area contributed by atoms with Gasteiger partial charge in [-0.15, -0.1) is 0 Å². The first-order chi connectivity index (χ1) is 17.0. The van der Waals surface area contributed by atoms with Crippen LogP contribution in [-0.2, 0) is 11.3 Å². The number of carbonyl (C=O) groups excluding carboxylic acids is 1. The molecule has 1 saturated heterocycles. The van der Waals surface area contributed by atoms with Gasteiger partial charge >= 0.3 is 18.2 Å². The number of anilines is 1. The van der Waals surface area contributed by atoms with E-state index in [1.54, 1.807) is 4.90 Å². The molecule has 3 heterocycles. The molecule has 1 fully saturated rings. The zero-order chi connectivity index (χ0) is 26.5. The molecule has 3 aromatic rings. The van der Waals surface area contributed by atoms with Gasteiger partial charge in [0, 0.05) is 38.3 Å². The van der Waals surface area contributed by atoms with E-state index < -0.39 is 12.1 Å². The highest BCUT2D eigenvalue weighted by Gasteiger charge is 2.38. The Bertz CT molecular complexity index is 1230. The number of hydrogen-bond acceptors (Lipinski definition) is 9. The number of para-hydroxylation sites is 1. The van der Waals surface area contributed by atoms with Crippen LogP contribution >= 0.6 is 11.3 Å². The number of urea groups is 1. The van der Waals surface area contributed by atoms with Crippen LogP contribution in [0.15, 0.2) is 24.5 Å². The monoisotopic (exact) mass is 528 g/mol. The average molecular weight is 529 g/mol. The number of phenols is 1. The Hall–Kier alpha value is -3.72. The number of amides is 2. The molecule has 15 heteroatoms. The van der Waals surface area contributed by atoms with Crippen LogP contribution in [0, 0.1) is 6.92 Å². The third-order valence-electron chi connectivity index (χ3n) is 5.19. The van der Waals surface area contributed by atoms with E-state index in [2.05, 4.69) is 25.2 Å². The number of carboxylic acid groups (broad SMARTS) is 1. The van der Waals surface area contributed by atoms with Crippen LogP contribution in [0.4, 0.5) is 23.1 Å². The highest BCUT2D eigenvalue weighted by molar-refractivity contribution is 7.22. The molecule has 194 valence electrons. The normalized spacial score (nSPS) is 14.2. The Kier molecular flexibility index (Phi) is 8.47. The highest BCUT2D eigenvalue weighted by atomic mass is 32.1. The van der Waals surface area contributed by atoms with Gasteiger partial charge in [-0.25, -0.2) is 19.6 Å². The first-order valence-electron chi connectivity index (χ1n) is 10.5. The lowest BCUT2D eigenvalue weighted by Gasteiger charge is -2.34. The first kappa shape index (κ1) is 26.9. The second-order valence-corrected chi connectivity index (χ2v) is 8.61. The molecule has 2 aromatic heterocycles. The molecule has 4 rings (SSSR count). The number of halogens is 3. The molecule has 0 unspecified atom stereocenters. The number of nitrogens with zero attached hydrogens (tertiary/aromatic N) is 5. The van der Waals surface area contributed by atoms with Crippen LogP contribution in [0.5, 0.6) is 11.6 Å². The Balaban J connectivity index is 0.000000454. The van der Waals surface area contributed by atoms with Gasteiger partial charge in [-0.05, 0) is 12.5 Å². The van der Waals surface area contributed by atoms with Crippen molar-refractivity contribution in [2.24, 2.45) is 0 Å². The Morgan fingerprint density at radius 1 is 1.19 bits per heavy atom. The van der Waals surface area contributed by atoms with Crippen molar-refractivity contribution >= 4 is 38.8 Å². The maximum Gasteiger partial charge on any atom is 0.490 e. The third-order valence-corrected chi connectivity index (χ3v) is 6.07. The predicted molar refractivity (Wildman–Crippen MR) is 124 cm³/mol. The van der Waals surface area contributed by atoms with Gasteiger partial charge in [0.1, 0.15) is 12.1 Å². The summed E-state index contributed by atoms with van der Waals surface area (Å²) in [5.74, 6) is -2.02. The lowest BCUT2D eigenvalue weighted by molar-refractivity contribution is -0.192. The number of phenolic OH excluding ortho intramolecular Hbond substituents is 1. The smallest absolute Gasteiger partial charge is 0.490 e. The van der Waals surface area contributed by atoms with Gasteiger partial charge in [0.05, 0.1) is 7.11 Å². The summed E-state index contributed by atoms with van der Waals surface area (Å²) in [4.78, 5) is 38.7. The number of thiazole rings is 1.